The zero-order valence-electron chi connectivity index (χ0n) is 14.7. The number of hydrogen-bond donors (Lipinski definition) is 0. The molecule has 0 aromatic heterocycles. The summed E-state index contributed by atoms with van der Waals surface area (Å²) in [5.41, 5.74) is 2.35. The molecule has 2 aliphatic rings. The number of piperazine rings is 1. The number of fused-ring (bicyclic) bond motifs is 1. The fraction of sp³-hybridized carbons (Fsp3) is 0.381. The van der Waals surface area contributed by atoms with Gasteiger partial charge in [-0.15, -0.1) is 0 Å². The van der Waals surface area contributed by atoms with Crippen LogP contribution in [0.25, 0.3) is 0 Å². The summed E-state index contributed by atoms with van der Waals surface area (Å²) in [4.78, 5) is 17.3. The summed E-state index contributed by atoms with van der Waals surface area (Å²) in [5, 5.41) is 0.690. The van der Waals surface area contributed by atoms with Crippen LogP contribution >= 0.6 is 11.6 Å². The number of halogens is 1. The van der Waals surface area contributed by atoms with Crippen LogP contribution in [0.3, 0.4) is 0 Å². The summed E-state index contributed by atoms with van der Waals surface area (Å²) in [5.74, 6) is 0.947. The molecule has 0 bridgehead atoms. The van der Waals surface area contributed by atoms with Crippen LogP contribution in [0.1, 0.15) is 11.1 Å². The van der Waals surface area contributed by atoms with Crippen molar-refractivity contribution in [2.24, 2.45) is 5.92 Å². The average Bonchev–Trinajstić information content (AvgIpc) is 2.68. The quantitative estimate of drug-likeness (QED) is 0.831. The van der Waals surface area contributed by atoms with Crippen LogP contribution in [-0.2, 0) is 17.8 Å². The van der Waals surface area contributed by atoms with Crippen molar-refractivity contribution in [3.05, 3.63) is 64.7 Å². The van der Waals surface area contributed by atoms with Gasteiger partial charge >= 0.3 is 0 Å². The number of nitrogens with zero attached hydrogens (tertiary/aromatic N) is 2. The van der Waals surface area contributed by atoms with Crippen LogP contribution in [-0.4, -0.2) is 48.5 Å². The zero-order valence-corrected chi connectivity index (χ0v) is 15.5. The predicted molar refractivity (Wildman–Crippen MR) is 102 cm³/mol. The molecule has 4 rings (SSSR count). The van der Waals surface area contributed by atoms with E-state index in [0.717, 1.165) is 44.0 Å². The molecule has 1 amide bonds. The summed E-state index contributed by atoms with van der Waals surface area (Å²) in [7, 11) is 0. The molecule has 2 aromatic rings. The Balaban J connectivity index is 1.32. The molecule has 2 heterocycles. The van der Waals surface area contributed by atoms with Crippen molar-refractivity contribution in [1.82, 2.24) is 9.80 Å². The third-order valence-electron chi connectivity index (χ3n) is 5.21. The molecule has 26 heavy (non-hydrogen) atoms. The van der Waals surface area contributed by atoms with Gasteiger partial charge in [0.2, 0.25) is 5.91 Å². The van der Waals surface area contributed by atoms with E-state index in [4.69, 9.17) is 16.3 Å². The van der Waals surface area contributed by atoms with E-state index in [0.29, 0.717) is 18.1 Å². The van der Waals surface area contributed by atoms with Crippen molar-refractivity contribution in [3.8, 4) is 5.75 Å². The SMILES string of the molecule is O=C(C1COc2ccc(Cl)cc2C1)N1CCN(Cc2ccccc2)CC1. The lowest BCUT2D eigenvalue weighted by atomic mass is 9.95. The molecule has 1 atom stereocenters. The largest absolute Gasteiger partial charge is 0.492 e. The number of benzene rings is 2. The van der Waals surface area contributed by atoms with Crippen LogP contribution < -0.4 is 4.74 Å². The van der Waals surface area contributed by atoms with Crippen LogP contribution in [0.15, 0.2) is 48.5 Å². The first kappa shape index (κ1) is 17.4. The Hall–Kier alpha value is -2.04. The molecule has 1 saturated heterocycles. The molecule has 136 valence electrons. The Morgan fingerprint density at radius 1 is 1.08 bits per heavy atom. The van der Waals surface area contributed by atoms with Gasteiger partial charge in [-0.05, 0) is 35.7 Å². The van der Waals surface area contributed by atoms with E-state index in [1.54, 1.807) is 0 Å². The summed E-state index contributed by atoms with van der Waals surface area (Å²) in [6.45, 7) is 4.79. The number of rotatable bonds is 3. The second-order valence-electron chi connectivity index (χ2n) is 7.05. The van der Waals surface area contributed by atoms with Crippen molar-refractivity contribution in [3.63, 3.8) is 0 Å². The smallest absolute Gasteiger partial charge is 0.229 e. The number of hydrogen-bond acceptors (Lipinski definition) is 3. The van der Waals surface area contributed by atoms with Crippen LogP contribution in [0.2, 0.25) is 5.02 Å². The van der Waals surface area contributed by atoms with Crippen LogP contribution in [0, 0.1) is 5.92 Å². The molecular formula is C21H23ClN2O2. The van der Waals surface area contributed by atoms with E-state index in [-0.39, 0.29) is 11.8 Å². The van der Waals surface area contributed by atoms with E-state index in [1.165, 1.54) is 5.56 Å². The van der Waals surface area contributed by atoms with Gasteiger partial charge in [0.25, 0.3) is 0 Å². The number of carbonyl (C=O) groups is 1. The Morgan fingerprint density at radius 2 is 1.85 bits per heavy atom. The Morgan fingerprint density at radius 3 is 2.62 bits per heavy atom. The van der Waals surface area contributed by atoms with Crippen molar-refractivity contribution in [1.29, 1.82) is 0 Å². The minimum Gasteiger partial charge on any atom is -0.492 e. The molecule has 0 saturated carbocycles. The van der Waals surface area contributed by atoms with Crippen LogP contribution in [0.5, 0.6) is 5.75 Å². The van der Waals surface area contributed by atoms with E-state index >= 15 is 0 Å². The molecule has 2 aromatic carbocycles. The Labute approximate surface area is 159 Å². The normalized spacial score (nSPS) is 20.3. The molecule has 0 spiro atoms. The van der Waals surface area contributed by atoms with E-state index < -0.39 is 0 Å². The zero-order chi connectivity index (χ0) is 17.9. The van der Waals surface area contributed by atoms with Crippen molar-refractivity contribution in [2.45, 2.75) is 13.0 Å². The number of ether oxygens (including phenoxy) is 1. The van der Waals surface area contributed by atoms with E-state index in [1.807, 2.05) is 29.2 Å². The van der Waals surface area contributed by atoms with Crippen LogP contribution in [0.4, 0.5) is 0 Å². The van der Waals surface area contributed by atoms with Crippen molar-refractivity contribution >= 4 is 17.5 Å². The third kappa shape index (κ3) is 3.87. The third-order valence-corrected chi connectivity index (χ3v) is 5.45. The summed E-state index contributed by atoms with van der Waals surface area (Å²) >= 11 is 6.08. The first-order valence-corrected chi connectivity index (χ1v) is 9.53. The van der Waals surface area contributed by atoms with Gasteiger partial charge in [0.1, 0.15) is 12.4 Å². The molecular weight excluding hydrogens is 348 g/mol. The van der Waals surface area contributed by atoms with Crippen molar-refractivity contribution in [2.75, 3.05) is 32.8 Å². The first-order chi connectivity index (χ1) is 12.7. The summed E-state index contributed by atoms with van der Waals surface area (Å²) < 4.78 is 5.79. The maximum Gasteiger partial charge on any atom is 0.229 e. The monoisotopic (exact) mass is 370 g/mol. The highest BCUT2D eigenvalue weighted by atomic mass is 35.5. The Kier molecular flexibility index (Phi) is 5.14. The van der Waals surface area contributed by atoms with Crippen molar-refractivity contribution < 1.29 is 9.53 Å². The van der Waals surface area contributed by atoms with E-state index in [2.05, 4.69) is 29.2 Å². The fourth-order valence-electron chi connectivity index (χ4n) is 3.75. The van der Waals surface area contributed by atoms with Gasteiger partial charge < -0.3 is 9.64 Å². The topological polar surface area (TPSA) is 32.8 Å². The van der Waals surface area contributed by atoms with Gasteiger partial charge in [-0.25, -0.2) is 0 Å². The molecule has 5 heteroatoms. The minimum atomic E-state index is -0.110. The second kappa shape index (κ2) is 7.68. The lowest BCUT2D eigenvalue weighted by Crippen LogP contribution is -2.51. The standard InChI is InChI=1S/C21H23ClN2O2/c22-19-6-7-20-17(13-19)12-18(15-26-20)21(25)24-10-8-23(9-11-24)14-16-4-2-1-3-5-16/h1-7,13,18H,8-12,14-15H2. The lowest BCUT2D eigenvalue weighted by Gasteiger charge is -2.37. The lowest BCUT2D eigenvalue weighted by molar-refractivity contribution is -0.138. The molecule has 2 aliphatic heterocycles. The van der Waals surface area contributed by atoms with Gasteiger partial charge in [-0.1, -0.05) is 41.9 Å². The van der Waals surface area contributed by atoms with Gasteiger partial charge in [-0.3, -0.25) is 9.69 Å². The average molecular weight is 371 g/mol. The van der Waals surface area contributed by atoms with E-state index in [9.17, 15) is 4.79 Å². The minimum absolute atomic E-state index is 0.110. The highest BCUT2D eigenvalue weighted by Gasteiger charge is 2.31. The molecule has 0 aliphatic carbocycles. The molecule has 1 fully saturated rings. The highest BCUT2D eigenvalue weighted by Crippen LogP contribution is 2.30. The second-order valence-corrected chi connectivity index (χ2v) is 7.49. The van der Waals surface area contributed by atoms with Gasteiger partial charge in [0.15, 0.2) is 0 Å². The van der Waals surface area contributed by atoms with Gasteiger partial charge in [0, 0.05) is 37.7 Å². The molecule has 0 N–H and O–H groups in total. The van der Waals surface area contributed by atoms with Gasteiger partial charge in [0.05, 0.1) is 5.92 Å². The first-order valence-electron chi connectivity index (χ1n) is 9.15. The molecule has 4 nitrogen and oxygen atoms in total. The predicted octanol–water partition coefficient (Wildman–Crippen LogP) is 3.24. The summed E-state index contributed by atoms with van der Waals surface area (Å²) in [6.07, 6.45) is 0.707. The molecule has 1 unspecified atom stereocenters. The number of amides is 1. The maximum atomic E-state index is 12.9. The molecule has 0 radical (unpaired) electrons. The fourth-order valence-corrected chi connectivity index (χ4v) is 3.94. The Bertz CT molecular complexity index is 773. The maximum absolute atomic E-state index is 12.9. The van der Waals surface area contributed by atoms with Gasteiger partial charge in [-0.2, -0.15) is 0 Å². The number of carbonyl (C=O) groups excluding carboxylic acids is 1. The summed E-state index contributed by atoms with van der Waals surface area (Å²) in [6, 6.07) is 16.1. The highest BCUT2D eigenvalue weighted by molar-refractivity contribution is 6.30.